The van der Waals surface area contributed by atoms with Gasteiger partial charge < -0.3 is 0 Å². The second-order valence-corrected chi connectivity index (χ2v) is 13.1. The van der Waals surface area contributed by atoms with E-state index < -0.39 is 0 Å². The van der Waals surface area contributed by atoms with Crippen LogP contribution >= 0.6 is 109 Å². The quantitative estimate of drug-likeness (QED) is 0.253. The van der Waals surface area contributed by atoms with Gasteiger partial charge in [-0.2, -0.15) is 50.5 Å². The normalized spacial score (nSPS) is 15.0. The van der Waals surface area contributed by atoms with E-state index in [0.717, 1.165) is 26.8 Å². The van der Waals surface area contributed by atoms with Crippen LogP contribution in [0.15, 0.2) is 0 Å². The fraction of sp³-hybridized carbons (Fsp3) is 1.00. The van der Waals surface area contributed by atoms with Gasteiger partial charge in [0.2, 0.25) is 0 Å². The molecule has 18 heavy (non-hydrogen) atoms. The number of hydrogen-bond acceptors (Lipinski definition) is 9. The Kier molecular flexibility index (Phi) is 17.7. The zero-order valence-corrected chi connectivity index (χ0v) is 17.8. The van der Waals surface area contributed by atoms with E-state index in [1.165, 1.54) is 0 Å². The average Bonchev–Trinajstić information content (AvgIpc) is 2.33. The van der Waals surface area contributed by atoms with Crippen molar-refractivity contribution in [2.45, 2.75) is 20.7 Å². The van der Waals surface area contributed by atoms with E-state index in [9.17, 15) is 0 Å². The Morgan fingerprint density at radius 1 is 0.722 bits per heavy atom. The van der Waals surface area contributed by atoms with Crippen molar-refractivity contribution in [3.8, 4) is 0 Å². The van der Waals surface area contributed by atoms with E-state index >= 15 is 0 Å². The van der Waals surface area contributed by atoms with Crippen LogP contribution in [0.1, 0.15) is 6.92 Å². The van der Waals surface area contributed by atoms with Crippen molar-refractivity contribution in [1.82, 2.24) is 0 Å². The van der Waals surface area contributed by atoms with Crippen LogP contribution in [-0.2, 0) is 0 Å². The molecule has 0 heterocycles. The first kappa shape index (κ1) is 21.1. The second-order valence-electron chi connectivity index (χ2n) is 3.01. The molecule has 2 atom stereocenters. The largest absolute Gasteiger partial charge is 0.168 e. The molecule has 0 fully saturated rings. The summed E-state index contributed by atoms with van der Waals surface area (Å²) in [5, 5.41) is 2.63. The summed E-state index contributed by atoms with van der Waals surface area (Å²) in [6.07, 6.45) is 0. The van der Waals surface area contributed by atoms with E-state index in [1.807, 2.05) is 58.8 Å². The molecule has 0 aromatic carbocycles. The number of hydrogen-bond donors (Lipinski definition) is 4. The Bertz CT molecular complexity index is 171. The summed E-state index contributed by atoms with van der Waals surface area (Å²) in [6.45, 7) is 2.12. The maximum atomic E-state index is 4.41. The van der Waals surface area contributed by atoms with E-state index in [1.54, 1.807) is 0 Å². The van der Waals surface area contributed by atoms with Gasteiger partial charge in [-0.3, -0.25) is 0 Å². The third kappa shape index (κ3) is 12.9. The summed E-state index contributed by atoms with van der Waals surface area (Å²) >= 11 is 26.9. The highest BCUT2D eigenvalue weighted by molar-refractivity contribution is 8.25. The van der Waals surface area contributed by atoms with Crippen molar-refractivity contribution in [1.29, 1.82) is 0 Å². The number of rotatable bonds is 12. The summed E-state index contributed by atoms with van der Waals surface area (Å²) in [7, 11) is 0. The van der Waals surface area contributed by atoms with E-state index in [2.05, 4.69) is 57.4 Å². The second kappa shape index (κ2) is 15.1. The van der Waals surface area contributed by atoms with Crippen molar-refractivity contribution < 1.29 is 0 Å². The summed E-state index contributed by atoms with van der Waals surface area (Å²) in [6, 6.07) is 0. The predicted molar refractivity (Wildman–Crippen MR) is 115 cm³/mol. The molecule has 0 rings (SSSR count). The first-order chi connectivity index (χ1) is 8.63. The van der Waals surface area contributed by atoms with Crippen LogP contribution in [-0.4, -0.2) is 40.5 Å². The predicted octanol–water partition coefficient (Wildman–Crippen LogP) is 5.24. The molecule has 0 N–H and O–H groups in total. The minimum Gasteiger partial charge on any atom is -0.168 e. The zero-order valence-electron chi connectivity index (χ0n) is 10.1. The summed E-state index contributed by atoms with van der Waals surface area (Å²) in [5.41, 5.74) is 0. The third-order valence-electron chi connectivity index (χ3n) is 1.67. The highest BCUT2D eigenvalue weighted by atomic mass is 32.2. The zero-order chi connectivity index (χ0) is 13.8. The van der Waals surface area contributed by atoms with Gasteiger partial charge in [0.05, 0.1) is 9.16 Å². The molecular formula is C9H20S9. The van der Waals surface area contributed by atoms with Crippen LogP contribution in [0.5, 0.6) is 0 Å². The molecule has 0 aromatic heterocycles. The Morgan fingerprint density at radius 3 is 1.50 bits per heavy atom. The molecule has 0 saturated carbocycles. The molecule has 9 heteroatoms. The third-order valence-corrected chi connectivity index (χ3v) is 10.1. The Hall–Kier alpha value is 3.15. The van der Waals surface area contributed by atoms with Crippen molar-refractivity contribution in [3.05, 3.63) is 0 Å². The minimum absolute atomic E-state index is 0.406. The van der Waals surface area contributed by atoms with Gasteiger partial charge >= 0.3 is 0 Å². The Balaban J connectivity index is 3.96. The van der Waals surface area contributed by atoms with Gasteiger partial charge in [0.1, 0.15) is 0 Å². The summed E-state index contributed by atoms with van der Waals surface area (Å²) in [4.78, 5) is 0. The first-order valence-electron chi connectivity index (χ1n) is 5.22. The van der Waals surface area contributed by atoms with Gasteiger partial charge in [0, 0.05) is 31.3 Å². The van der Waals surface area contributed by atoms with Crippen LogP contribution in [0.2, 0.25) is 0 Å². The lowest BCUT2D eigenvalue weighted by Gasteiger charge is -2.19. The van der Waals surface area contributed by atoms with Crippen molar-refractivity contribution in [3.63, 3.8) is 0 Å². The summed E-state index contributed by atoms with van der Waals surface area (Å²) < 4.78 is 1.60. The van der Waals surface area contributed by atoms with Gasteiger partial charge in [0.25, 0.3) is 0 Å². The van der Waals surface area contributed by atoms with Crippen LogP contribution in [0.25, 0.3) is 0 Å². The molecule has 0 aliphatic carbocycles. The van der Waals surface area contributed by atoms with Gasteiger partial charge in [-0.15, -0.1) is 58.8 Å². The van der Waals surface area contributed by atoms with Crippen molar-refractivity contribution in [2.24, 2.45) is 0 Å². The van der Waals surface area contributed by atoms with Gasteiger partial charge in [-0.05, 0) is 6.92 Å². The molecule has 0 amide bonds. The standard InChI is InChI=1S/C9H20S9/c1-7(13)14-2-8(16-4-10)15-3-9(17-5-11)18-6-12/h7-13H,2-6H2,1H3. The van der Waals surface area contributed by atoms with Gasteiger partial charge in [-0.25, -0.2) is 0 Å². The SMILES string of the molecule is CC(S)SCC(SCS)SCC(SCS)SCS. The monoisotopic (exact) mass is 416 g/mol. The van der Waals surface area contributed by atoms with Crippen LogP contribution < -0.4 is 0 Å². The van der Waals surface area contributed by atoms with Gasteiger partial charge in [-0.1, -0.05) is 0 Å². The van der Waals surface area contributed by atoms with Crippen LogP contribution in [0.3, 0.4) is 0 Å². The molecule has 2 unspecified atom stereocenters. The molecule has 0 radical (unpaired) electrons. The molecule has 0 aliphatic rings. The number of thioether (sulfide) groups is 5. The molecule has 0 saturated heterocycles. The Morgan fingerprint density at radius 2 is 1.11 bits per heavy atom. The lowest BCUT2D eigenvalue weighted by Crippen LogP contribution is -2.09. The van der Waals surface area contributed by atoms with E-state index in [-0.39, 0.29) is 0 Å². The molecule has 0 nitrogen and oxygen atoms in total. The van der Waals surface area contributed by atoms with Crippen molar-refractivity contribution in [2.75, 3.05) is 26.8 Å². The number of thiol groups is 4. The topological polar surface area (TPSA) is 0 Å². The van der Waals surface area contributed by atoms with Crippen LogP contribution in [0, 0.1) is 0 Å². The molecule has 0 spiro atoms. The van der Waals surface area contributed by atoms with E-state index in [4.69, 9.17) is 0 Å². The molecular weight excluding hydrogens is 397 g/mol. The minimum atomic E-state index is 0.406. The van der Waals surface area contributed by atoms with E-state index in [0.29, 0.717) is 13.7 Å². The highest BCUT2D eigenvalue weighted by Crippen LogP contribution is 2.35. The van der Waals surface area contributed by atoms with Gasteiger partial charge in [0.15, 0.2) is 0 Å². The Labute approximate surface area is 155 Å². The molecule has 110 valence electrons. The fourth-order valence-corrected chi connectivity index (χ4v) is 9.13. The lowest BCUT2D eigenvalue weighted by molar-refractivity contribution is 1.36. The van der Waals surface area contributed by atoms with Crippen molar-refractivity contribution >= 4 is 109 Å². The molecule has 0 aliphatic heterocycles. The average molecular weight is 417 g/mol. The highest BCUT2D eigenvalue weighted by Gasteiger charge is 2.15. The maximum absolute atomic E-state index is 4.41. The fourth-order valence-electron chi connectivity index (χ4n) is 0.942. The maximum Gasteiger partial charge on any atom is 0.0609 e. The first-order valence-corrected chi connectivity index (χ1v) is 12.9. The molecule has 0 bridgehead atoms. The van der Waals surface area contributed by atoms with Crippen LogP contribution in [0.4, 0.5) is 0 Å². The summed E-state index contributed by atoms with van der Waals surface area (Å²) in [5.74, 6) is 2.27. The smallest absolute Gasteiger partial charge is 0.0609 e. The molecule has 0 aromatic rings. The lowest BCUT2D eigenvalue weighted by atomic mass is 10.9.